The van der Waals surface area contributed by atoms with Gasteiger partial charge >= 0.3 is 6.09 Å². The van der Waals surface area contributed by atoms with Crippen molar-refractivity contribution < 1.29 is 9.53 Å². The van der Waals surface area contributed by atoms with E-state index < -0.39 is 0 Å². The molecule has 1 fully saturated rings. The minimum absolute atomic E-state index is 0.147. The van der Waals surface area contributed by atoms with Crippen LogP contribution in [0.3, 0.4) is 0 Å². The van der Waals surface area contributed by atoms with E-state index in [1.54, 1.807) is 4.90 Å². The molecule has 1 rings (SSSR count). The summed E-state index contributed by atoms with van der Waals surface area (Å²) in [4.78, 5) is 12.7. The number of carbonyl (C=O) groups is 1. The van der Waals surface area contributed by atoms with E-state index in [0.29, 0.717) is 12.6 Å². The van der Waals surface area contributed by atoms with Crippen LogP contribution < -0.4 is 0 Å². The topological polar surface area (TPSA) is 29.3 Å². The van der Waals surface area contributed by atoms with Crippen LogP contribution in [0.2, 0.25) is 0 Å². The van der Waals surface area contributed by atoms with E-state index >= 15 is 0 Å². The minimum atomic E-state index is -0.147. The summed E-state index contributed by atoms with van der Waals surface area (Å²) in [5.41, 5.74) is 0. The van der Waals surface area contributed by atoms with Gasteiger partial charge in [-0.15, -0.1) is 0 Å². The van der Waals surface area contributed by atoms with Gasteiger partial charge in [0.25, 0.3) is 0 Å². The minimum Gasteiger partial charge on any atom is -0.449 e. The SMILES string of the molecule is CCCCOC(=O)N1CC1C. The van der Waals surface area contributed by atoms with E-state index in [9.17, 15) is 4.79 Å². The fourth-order valence-corrected chi connectivity index (χ4v) is 0.879. The quantitative estimate of drug-likeness (QED) is 0.460. The number of unbranched alkanes of at least 4 members (excludes halogenated alkanes) is 1. The summed E-state index contributed by atoms with van der Waals surface area (Å²) in [6.07, 6.45) is 1.89. The molecule has 1 amide bonds. The molecule has 64 valence electrons. The average Bonchev–Trinajstić information content (AvgIpc) is 2.67. The number of hydrogen-bond acceptors (Lipinski definition) is 2. The molecule has 0 bridgehead atoms. The second-order valence-electron chi connectivity index (χ2n) is 2.97. The molecule has 3 nitrogen and oxygen atoms in total. The largest absolute Gasteiger partial charge is 0.449 e. The number of nitrogens with zero attached hydrogens (tertiary/aromatic N) is 1. The van der Waals surface area contributed by atoms with Crippen LogP contribution >= 0.6 is 0 Å². The van der Waals surface area contributed by atoms with E-state index in [2.05, 4.69) is 6.92 Å². The summed E-state index contributed by atoms with van der Waals surface area (Å²) in [7, 11) is 0. The molecule has 0 saturated carbocycles. The normalized spacial score (nSPS) is 21.6. The molecule has 1 aliphatic rings. The highest BCUT2D eigenvalue weighted by atomic mass is 16.6. The number of rotatable bonds is 3. The third-order valence-electron chi connectivity index (χ3n) is 1.82. The van der Waals surface area contributed by atoms with Gasteiger partial charge in [0.15, 0.2) is 0 Å². The van der Waals surface area contributed by atoms with Crippen molar-refractivity contribution >= 4 is 6.09 Å². The van der Waals surface area contributed by atoms with Crippen LogP contribution in [0.15, 0.2) is 0 Å². The Morgan fingerprint density at radius 1 is 1.73 bits per heavy atom. The predicted octanol–water partition coefficient (Wildman–Crippen LogP) is 1.63. The van der Waals surface area contributed by atoms with Gasteiger partial charge in [0.1, 0.15) is 0 Å². The molecule has 0 aromatic rings. The monoisotopic (exact) mass is 157 g/mol. The maximum Gasteiger partial charge on any atom is 0.410 e. The van der Waals surface area contributed by atoms with Crippen molar-refractivity contribution in [2.24, 2.45) is 0 Å². The molecule has 1 atom stereocenters. The third-order valence-corrected chi connectivity index (χ3v) is 1.82. The van der Waals surface area contributed by atoms with E-state index in [1.807, 2.05) is 6.92 Å². The molecule has 1 heterocycles. The predicted molar refractivity (Wildman–Crippen MR) is 42.4 cm³/mol. The van der Waals surface area contributed by atoms with Crippen molar-refractivity contribution in [3.8, 4) is 0 Å². The van der Waals surface area contributed by atoms with Gasteiger partial charge in [-0.25, -0.2) is 4.79 Å². The van der Waals surface area contributed by atoms with Gasteiger partial charge in [-0.1, -0.05) is 13.3 Å². The summed E-state index contributed by atoms with van der Waals surface area (Å²) >= 11 is 0. The molecule has 11 heavy (non-hydrogen) atoms. The Hall–Kier alpha value is -0.730. The fourth-order valence-electron chi connectivity index (χ4n) is 0.879. The van der Waals surface area contributed by atoms with Crippen LogP contribution in [-0.2, 0) is 4.74 Å². The molecule has 3 heteroatoms. The van der Waals surface area contributed by atoms with Gasteiger partial charge in [0.05, 0.1) is 12.6 Å². The van der Waals surface area contributed by atoms with Crippen LogP contribution in [0.25, 0.3) is 0 Å². The van der Waals surface area contributed by atoms with E-state index in [0.717, 1.165) is 19.4 Å². The zero-order chi connectivity index (χ0) is 8.27. The highest BCUT2D eigenvalue weighted by molar-refractivity contribution is 5.70. The molecular formula is C8H15NO2. The Bertz CT molecular complexity index is 147. The standard InChI is InChI=1S/C8H15NO2/c1-3-4-5-11-8(10)9-6-7(9)2/h7H,3-6H2,1-2H3. The molecule has 0 aliphatic carbocycles. The lowest BCUT2D eigenvalue weighted by atomic mass is 10.4. The molecule has 0 aromatic heterocycles. The first kappa shape index (κ1) is 8.37. The molecular weight excluding hydrogens is 142 g/mol. The van der Waals surface area contributed by atoms with Gasteiger partial charge in [0, 0.05) is 6.54 Å². The molecule has 0 aromatic carbocycles. The Balaban J connectivity index is 2.03. The summed E-state index contributed by atoms with van der Waals surface area (Å²) < 4.78 is 4.96. The number of hydrogen-bond donors (Lipinski definition) is 0. The Morgan fingerprint density at radius 2 is 2.36 bits per heavy atom. The molecule has 0 spiro atoms. The smallest absolute Gasteiger partial charge is 0.410 e. The first-order chi connectivity index (χ1) is 5.25. The van der Waals surface area contributed by atoms with Gasteiger partial charge in [-0.05, 0) is 13.3 Å². The van der Waals surface area contributed by atoms with Crippen LogP contribution in [0.4, 0.5) is 4.79 Å². The maximum atomic E-state index is 11.0. The second-order valence-corrected chi connectivity index (χ2v) is 2.97. The fraction of sp³-hybridized carbons (Fsp3) is 0.875. The second kappa shape index (κ2) is 3.60. The summed E-state index contributed by atoms with van der Waals surface area (Å²) in [5.74, 6) is 0. The number of ether oxygens (including phenoxy) is 1. The lowest BCUT2D eigenvalue weighted by molar-refractivity contribution is 0.128. The molecule has 0 radical (unpaired) electrons. The number of amides is 1. The zero-order valence-electron chi connectivity index (χ0n) is 7.17. The zero-order valence-corrected chi connectivity index (χ0v) is 7.17. The van der Waals surface area contributed by atoms with Crippen LogP contribution in [0.1, 0.15) is 26.7 Å². The molecule has 1 unspecified atom stereocenters. The average molecular weight is 157 g/mol. The Labute approximate surface area is 67.3 Å². The van der Waals surface area contributed by atoms with Crippen LogP contribution in [-0.4, -0.2) is 30.2 Å². The van der Waals surface area contributed by atoms with Gasteiger partial charge in [-0.3, -0.25) is 0 Å². The third kappa shape index (κ3) is 2.41. The Morgan fingerprint density at radius 3 is 2.82 bits per heavy atom. The molecule has 1 saturated heterocycles. The van der Waals surface area contributed by atoms with E-state index in [1.165, 1.54) is 0 Å². The maximum absolute atomic E-state index is 11.0. The first-order valence-electron chi connectivity index (χ1n) is 4.19. The highest BCUT2D eigenvalue weighted by Crippen LogP contribution is 2.16. The number of carbonyl (C=O) groups excluding carboxylic acids is 1. The van der Waals surface area contributed by atoms with Gasteiger partial charge < -0.3 is 9.64 Å². The van der Waals surface area contributed by atoms with Gasteiger partial charge in [-0.2, -0.15) is 0 Å². The van der Waals surface area contributed by atoms with E-state index in [-0.39, 0.29) is 6.09 Å². The van der Waals surface area contributed by atoms with Crippen molar-refractivity contribution in [3.63, 3.8) is 0 Å². The molecule has 0 N–H and O–H groups in total. The highest BCUT2D eigenvalue weighted by Gasteiger charge is 2.35. The Kier molecular flexibility index (Phi) is 2.74. The summed E-state index contributed by atoms with van der Waals surface area (Å²) in [6.45, 7) is 5.53. The van der Waals surface area contributed by atoms with E-state index in [4.69, 9.17) is 4.74 Å². The lowest BCUT2D eigenvalue weighted by Crippen LogP contribution is -2.14. The lowest BCUT2D eigenvalue weighted by Gasteiger charge is -2.03. The summed E-state index contributed by atoms with van der Waals surface area (Å²) in [5, 5.41) is 0. The summed E-state index contributed by atoms with van der Waals surface area (Å²) in [6, 6.07) is 0.407. The van der Waals surface area contributed by atoms with Crippen LogP contribution in [0.5, 0.6) is 0 Å². The van der Waals surface area contributed by atoms with Crippen molar-refractivity contribution in [2.75, 3.05) is 13.2 Å². The van der Waals surface area contributed by atoms with Crippen LogP contribution in [0, 0.1) is 0 Å². The van der Waals surface area contributed by atoms with Crippen molar-refractivity contribution in [3.05, 3.63) is 0 Å². The van der Waals surface area contributed by atoms with Crippen molar-refractivity contribution in [1.29, 1.82) is 0 Å². The van der Waals surface area contributed by atoms with Crippen molar-refractivity contribution in [1.82, 2.24) is 4.90 Å². The molecule has 1 aliphatic heterocycles. The first-order valence-corrected chi connectivity index (χ1v) is 4.19. The van der Waals surface area contributed by atoms with Crippen molar-refractivity contribution in [2.45, 2.75) is 32.7 Å². The van der Waals surface area contributed by atoms with Gasteiger partial charge in [0.2, 0.25) is 0 Å².